The average Bonchev–Trinajstić information content (AvgIpc) is 2.47. The van der Waals surface area contributed by atoms with Gasteiger partial charge >= 0.3 is 0 Å². The summed E-state index contributed by atoms with van der Waals surface area (Å²) in [6, 6.07) is 6.13. The van der Waals surface area contributed by atoms with Gasteiger partial charge in [0.2, 0.25) is 0 Å². The molecule has 0 spiro atoms. The fourth-order valence-corrected chi connectivity index (χ4v) is 3.17. The van der Waals surface area contributed by atoms with Crippen LogP contribution >= 0.6 is 11.6 Å². The van der Waals surface area contributed by atoms with E-state index in [9.17, 15) is 0 Å². The number of hydrogen-bond donors (Lipinski definition) is 0. The van der Waals surface area contributed by atoms with Gasteiger partial charge in [0.25, 0.3) is 0 Å². The minimum Gasteiger partial charge on any atom is -0.492 e. The first kappa shape index (κ1) is 22.3. The van der Waals surface area contributed by atoms with E-state index in [1.54, 1.807) is 0 Å². The van der Waals surface area contributed by atoms with Gasteiger partial charge in [0.1, 0.15) is 5.75 Å². The number of hydrogen-bond acceptors (Lipinski definition) is 2. The van der Waals surface area contributed by atoms with E-state index in [4.69, 9.17) is 21.1 Å². The zero-order valence-electron chi connectivity index (χ0n) is 17.2. The Bertz CT molecular complexity index is 517. The fourth-order valence-electron chi connectivity index (χ4n) is 2.94. The first-order valence-corrected chi connectivity index (χ1v) is 10.00. The van der Waals surface area contributed by atoms with Crippen molar-refractivity contribution in [2.24, 2.45) is 5.92 Å². The third kappa shape index (κ3) is 8.46. The SMILES string of the molecule is CCOC(C)(C)CCCC(C)CCOc1ccc(C(C)(C)C)cc1Cl. The second-order valence-corrected chi connectivity index (χ2v) is 9.13. The van der Waals surface area contributed by atoms with Gasteiger partial charge in [0, 0.05) is 6.61 Å². The maximum Gasteiger partial charge on any atom is 0.137 e. The number of rotatable bonds is 10. The van der Waals surface area contributed by atoms with Crippen LogP contribution in [0.1, 0.15) is 79.7 Å². The highest BCUT2D eigenvalue weighted by molar-refractivity contribution is 6.32. The normalized spacial score (nSPS) is 13.8. The maximum atomic E-state index is 6.38. The van der Waals surface area contributed by atoms with Crippen LogP contribution in [0.3, 0.4) is 0 Å². The van der Waals surface area contributed by atoms with E-state index in [1.807, 2.05) is 12.1 Å². The predicted molar refractivity (Wildman–Crippen MR) is 109 cm³/mol. The van der Waals surface area contributed by atoms with Crippen molar-refractivity contribution < 1.29 is 9.47 Å². The van der Waals surface area contributed by atoms with Crippen LogP contribution in [0, 0.1) is 5.92 Å². The van der Waals surface area contributed by atoms with Crippen molar-refractivity contribution in [3.05, 3.63) is 28.8 Å². The summed E-state index contributed by atoms with van der Waals surface area (Å²) >= 11 is 6.38. The lowest BCUT2D eigenvalue weighted by Crippen LogP contribution is -2.24. The standard InChI is InChI=1S/C22H37ClO2/c1-8-25-22(6,7)14-9-10-17(2)13-15-24-20-12-11-18(16-19(20)23)21(3,4)5/h11-12,16-17H,8-10,13-15H2,1-7H3. The van der Waals surface area contributed by atoms with Crippen LogP contribution in [0.2, 0.25) is 5.02 Å². The van der Waals surface area contributed by atoms with Crippen LogP contribution in [0.15, 0.2) is 18.2 Å². The fraction of sp³-hybridized carbons (Fsp3) is 0.727. The predicted octanol–water partition coefficient (Wildman–Crippen LogP) is 7.03. The van der Waals surface area contributed by atoms with Crippen molar-refractivity contribution in [3.8, 4) is 5.75 Å². The topological polar surface area (TPSA) is 18.5 Å². The molecule has 3 heteroatoms. The number of ether oxygens (including phenoxy) is 2. The maximum absolute atomic E-state index is 6.38. The minimum atomic E-state index is -0.00665. The Balaban J connectivity index is 2.35. The quantitative estimate of drug-likeness (QED) is 0.441. The van der Waals surface area contributed by atoms with Crippen LogP contribution in [0.25, 0.3) is 0 Å². The highest BCUT2D eigenvalue weighted by atomic mass is 35.5. The summed E-state index contributed by atoms with van der Waals surface area (Å²) in [4.78, 5) is 0. The smallest absolute Gasteiger partial charge is 0.137 e. The zero-order chi connectivity index (χ0) is 19.1. The lowest BCUT2D eigenvalue weighted by molar-refractivity contribution is -0.0183. The Hall–Kier alpha value is -0.730. The van der Waals surface area contributed by atoms with Gasteiger partial charge < -0.3 is 9.47 Å². The van der Waals surface area contributed by atoms with Gasteiger partial charge in [0.15, 0.2) is 0 Å². The summed E-state index contributed by atoms with van der Waals surface area (Å²) in [7, 11) is 0. The third-order valence-electron chi connectivity index (χ3n) is 4.68. The molecule has 25 heavy (non-hydrogen) atoms. The lowest BCUT2D eigenvalue weighted by atomic mass is 9.87. The van der Waals surface area contributed by atoms with Gasteiger partial charge in [-0.3, -0.25) is 0 Å². The molecular formula is C22H37ClO2. The molecule has 0 fully saturated rings. The number of benzene rings is 1. The first-order chi connectivity index (χ1) is 11.5. The van der Waals surface area contributed by atoms with Crippen molar-refractivity contribution in [1.29, 1.82) is 0 Å². The molecule has 1 aromatic carbocycles. The Morgan fingerprint density at radius 3 is 2.32 bits per heavy atom. The Morgan fingerprint density at radius 2 is 1.76 bits per heavy atom. The van der Waals surface area contributed by atoms with Crippen molar-refractivity contribution in [2.45, 2.75) is 85.2 Å². The van der Waals surface area contributed by atoms with Gasteiger partial charge in [-0.1, -0.05) is 58.2 Å². The van der Waals surface area contributed by atoms with Crippen LogP contribution in [-0.4, -0.2) is 18.8 Å². The molecule has 0 amide bonds. The van der Waals surface area contributed by atoms with Crippen LogP contribution in [0.4, 0.5) is 0 Å². The van der Waals surface area contributed by atoms with Gasteiger partial charge in [-0.25, -0.2) is 0 Å². The van der Waals surface area contributed by atoms with E-state index < -0.39 is 0 Å². The molecule has 1 unspecified atom stereocenters. The summed E-state index contributed by atoms with van der Waals surface area (Å²) in [5, 5.41) is 0.707. The van der Waals surface area contributed by atoms with Crippen LogP contribution in [0.5, 0.6) is 5.75 Å². The molecule has 0 aliphatic heterocycles. The molecule has 0 bridgehead atoms. The lowest BCUT2D eigenvalue weighted by Gasteiger charge is -2.25. The Kier molecular flexibility index (Phi) is 8.77. The highest BCUT2D eigenvalue weighted by Gasteiger charge is 2.18. The molecule has 0 aliphatic rings. The van der Waals surface area contributed by atoms with Crippen molar-refractivity contribution in [1.82, 2.24) is 0 Å². The van der Waals surface area contributed by atoms with Crippen LogP contribution < -0.4 is 4.74 Å². The highest BCUT2D eigenvalue weighted by Crippen LogP contribution is 2.31. The first-order valence-electron chi connectivity index (χ1n) is 9.62. The summed E-state index contributed by atoms with van der Waals surface area (Å²) in [5.74, 6) is 1.43. The third-order valence-corrected chi connectivity index (χ3v) is 4.97. The van der Waals surface area contributed by atoms with E-state index in [0.717, 1.165) is 25.2 Å². The summed E-state index contributed by atoms with van der Waals surface area (Å²) < 4.78 is 11.7. The monoisotopic (exact) mass is 368 g/mol. The molecule has 2 nitrogen and oxygen atoms in total. The molecule has 1 aromatic rings. The van der Waals surface area contributed by atoms with E-state index in [0.29, 0.717) is 17.5 Å². The second kappa shape index (κ2) is 9.83. The Labute approximate surface area is 160 Å². The molecule has 0 heterocycles. The minimum absolute atomic E-state index is 0.00665. The van der Waals surface area contributed by atoms with Gasteiger partial charge in [-0.2, -0.15) is 0 Å². The van der Waals surface area contributed by atoms with E-state index in [2.05, 4.69) is 54.5 Å². The largest absolute Gasteiger partial charge is 0.492 e. The molecular weight excluding hydrogens is 332 g/mol. The van der Waals surface area contributed by atoms with E-state index >= 15 is 0 Å². The Morgan fingerprint density at radius 1 is 1.08 bits per heavy atom. The van der Waals surface area contributed by atoms with Crippen molar-refractivity contribution in [3.63, 3.8) is 0 Å². The molecule has 0 saturated carbocycles. The molecule has 1 atom stereocenters. The van der Waals surface area contributed by atoms with Crippen molar-refractivity contribution in [2.75, 3.05) is 13.2 Å². The molecule has 0 aliphatic carbocycles. The van der Waals surface area contributed by atoms with Gasteiger partial charge in [-0.05, 0) is 62.6 Å². The molecule has 0 saturated heterocycles. The average molecular weight is 369 g/mol. The summed E-state index contributed by atoms with van der Waals surface area (Å²) in [5.41, 5.74) is 1.33. The van der Waals surface area contributed by atoms with Crippen molar-refractivity contribution >= 4 is 11.6 Å². The van der Waals surface area contributed by atoms with Gasteiger partial charge in [-0.15, -0.1) is 0 Å². The summed E-state index contributed by atoms with van der Waals surface area (Å²) in [6.07, 6.45) is 4.55. The van der Waals surface area contributed by atoms with Gasteiger partial charge in [0.05, 0.1) is 17.2 Å². The van der Waals surface area contributed by atoms with E-state index in [1.165, 1.54) is 18.4 Å². The number of halogens is 1. The zero-order valence-corrected chi connectivity index (χ0v) is 18.0. The van der Waals surface area contributed by atoms with Crippen LogP contribution in [-0.2, 0) is 10.2 Å². The molecule has 0 N–H and O–H groups in total. The second-order valence-electron chi connectivity index (χ2n) is 8.72. The van der Waals surface area contributed by atoms with E-state index in [-0.39, 0.29) is 11.0 Å². The summed E-state index contributed by atoms with van der Waals surface area (Å²) in [6.45, 7) is 16.8. The molecule has 0 radical (unpaired) electrons. The molecule has 0 aromatic heterocycles. The molecule has 144 valence electrons. The molecule has 1 rings (SSSR count).